The Kier molecular flexibility index (Phi) is 7.83. The minimum absolute atomic E-state index is 0.156. The number of furan rings is 2. The molecule has 0 spiro atoms. The Bertz CT molecular complexity index is 4470. The van der Waals surface area contributed by atoms with Gasteiger partial charge in [-0.1, -0.05) is 18.2 Å². The van der Waals surface area contributed by atoms with Gasteiger partial charge in [0.1, 0.15) is 0 Å². The second-order valence-corrected chi connectivity index (χ2v) is 20.0. The second kappa shape index (κ2) is 14.1. The number of hydrogen-bond donors (Lipinski definition) is 0. The maximum absolute atomic E-state index is 6.46. The molecule has 2 nitrogen and oxygen atoms in total. The van der Waals surface area contributed by atoms with Gasteiger partial charge in [0, 0.05) is 0 Å². The molecule has 3 aromatic heterocycles. The van der Waals surface area contributed by atoms with Crippen LogP contribution in [-0.4, -0.2) is 14.5 Å². The molecular formula is C64H36O2Se. The summed E-state index contributed by atoms with van der Waals surface area (Å²) < 4.78 is 15.7. The van der Waals surface area contributed by atoms with Crippen LogP contribution < -0.4 is 0 Å². The first-order valence-corrected chi connectivity index (χ1v) is 24.6. The fourth-order valence-electron chi connectivity index (χ4n) is 11.6. The number of hydrogen-bond acceptors (Lipinski definition) is 2. The Hall–Kier alpha value is -8.20. The molecule has 0 amide bonds. The van der Waals surface area contributed by atoms with Gasteiger partial charge in [-0.15, -0.1) is 0 Å². The van der Waals surface area contributed by atoms with Crippen LogP contribution in [0.4, 0.5) is 0 Å². The van der Waals surface area contributed by atoms with E-state index in [0.29, 0.717) is 0 Å². The van der Waals surface area contributed by atoms with Crippen LogP contribution in [0.15, 0.2) is 227 Å². The summed E-state index contributed by atoms with van der Waals surface area (Å²) in [6.07, 6.45) is 0. The molecule has 0 atom stereocenters. The van der Waals surface area contributed by atoms with E-state index in [1.807, 2.05) is 0 Å². The van der Waals surface area contributed by atoms with Crippen LogP contribution in [-0.2, 0) is 0 Å². The van der Waals surface area contributed by atoms with Crippen LogP contribution in [0.5, 0.6) is 0 Å². The first-order valence-electron chi connectivity index (χ1n) is 22.9. The van der Waals surface area contributed by atoms with Gasteiger partial charge in [0.2, 0.25) is 0 Å². The molecule has 0 N–H and O–H groups in total. The average Bonchev–Trinajstić information content (AvgIpc) is 4.09. The van der Waals surface area contributed by atoms with Crippen molar-refractivity contribution in [2.75, 3.05) is 0 Å². The van der Waals surface area contributed by atoms with Gasteiger partial charge in [-0.25, -0.2) is 0 Å². The van der Waals surface area contributed by atoms with Crippen LogP contribution in [0.2, 0.25) is 0 Å². The van der Waals surface area contributed by atoms with Crippen molar-refractivity contribution in [1.29, 1.82) is 0 Å². The fourth-order valence-corrected chi connectivity index (χ4v) is 13.9. The van der Waals surface area contributed by atoms with Crippen molar-refractivity contribution >= 4 is 121 Å². The zero-order valence-electron chi connectivity index (χ0n) is 36.0. The van der Waals surface area contributed by atoms with Crippen molar-refractivity contribution in [2.24, 2.45) is 0 Å². The summed E-state index contributed by atoms with van der Waals surface area (Å²) in [6, 6.07) is 80.2. The van der Waals surface area contributed by atoms with Gasteiger partial charge in [-0.2, -0.15) is 0 Å². The van der Waals surface area contributed by atoms with Gasteiger partial charge >= 0.3 is 368 Å². The van der Waals surface area contributed by atoms with Crippen LogP contribution in [0.25, 0.3) is 151 Å². The molecule has 0 fully saturated rings. The van der Waals surface area contributed by atoms with Crippen molar-refractivity contribution in [3.63, 3.8) is 0 Å². The van der Waals surface area contributed by atoms with Crippen molar-refractivity contribution in [1.82, 2.24) is 0 Å². The van der Waals surface area contributed by atoms with E-state index in [9.17, 15) is 0 Å². The fraction of sp³-hybridized carbons (Fsp3) is 0. The van der Waals surface area contributed by atoms with E-state index >= 15 is 0 Å². The standard InChI is InChI=1S/C64H36O2Se/c1-3-18-40-38(16-1)58(39-17-2-4-19-41(39)59(40)48-26-13-31-54-62(48)46-24-9-11-29-52(46)65-54)37-34-35-56-51(36-37)64-50(28-15-33-57(64)67-56)61-44-22-7-5-20-42(44)60(43-21-6-8-23-45(43)61)49-27-14-32-55-63(49)47-25-10-12-30-53(47)66-55/h1-36H. The van der Waals surface area contributed by atoms with Gasteiger partial charge in [-0.3, -0.25) is 0 Å². The van der Waals surface area contributed by atoms with Gasteiger partial charge in [-0.05, 0) is 6.07 Å². The topological polar surface area (TPSA) is 26.3 Å². The average molecular weight is 916 g/mol. The quantitative estimate of drug-likeness (QED) is 0.130. The van der Waals surface area contributed by atoms with Crippen LogP contribution in [0.1, 0.15) is 0 Å². The maximum atomic E-state index is 6.46. The zero-order chi connectivity index (χ0) is 43.7. The summed E-state index contributed by atoms with van der Waals surface area (Å²) >= 11 is 0.156. The van der Waals surface area contributed by atoms with Gasteiger partial charge in [0.25, 0.3) is 0 Å². The molecule has 310 valence electrons. The summed E-state index contributed by atoms with van der Waals surface area (Å²) in [5.41, 5.74) is 13.6. The molecule has 12 aromatic carbocycles. The van der Waals surface area contributed by atoms with E-state index in [1.54, 1.807) is 0 Å². The Morgan fingerprint density at radius 2 is 0.597 bits per heavy atom. The normalized spacial score (nSPS) is 12.2. The first kappa shape index (κ1) is 37.1. The number of fused-ring (bicyclic) bond motifs is 13. The van der Waals surface area contributed by atoms with E-state index in [-0.39, 0.29) is 14.5 Å². The van der Waals surface area contributed by atoms with E-state index in [0.717, 1.165) is 43.9 Å². The molecule has 3 heterocycles. The molecular weight excluding hydrogens is 880 g/mol. The SMILES string of the molecule is c1ccc2c(c1)oc1cccc(-c3c4ccccc4c(-c4ccc5[se]c6cccc(-c7c8ccccc8c(-c8cccc9oc%10ccccc%10c89)c8ccccc78)c6c5c4)c4ccccc34)c12. The van der Waals surface area contributed by atoms with Crippen molar-refractivity contribution in [3.05, 3.63) is 218 Å². The minimum atomic E-state index is 0.156. The van der Waals surface area contributed by atoms with E-state index in [2.05, 4.69) is 218 Å². The predicted octanol–water partition coefficient (Wildman–Crippen LogP) is 18.1. The van der Waals surface area contributed by atoms with Crippen LogP contribution in [0, 0.1) is 0 Å². The molecule has 0 unspecified atom stereocenters. The Morgan fingerprint density at radius 1 is 0.239 bits per heavy atom. The Morgan fingerprint density at radius 3 is 1.04 bits per heavy atom. The molecule has 0 aliphatic carbocycles. The Labute approximate surface area is 390 Å². The molecule has 0 aliphatic rings. The Balaban J connectivity index is 1.00. The second-order valence-electron chi connectivity index (χ2n) is 17.7. The molecule has 0 saturated heterocycles. The molecule has 0 radical (unpaired) electrons. The van der Waals surface area contributed by atoms with Crippen LogP contribution >= 0.6 is 0 Å². The third-order valence-electron chi connectivity index (χ3n) is 14.3. The molecule has 3 heteroatoms. The van der Waals surface area contributed by atoms with Gasteiger partial charge in [0.05, 0.1) is 0 Å². The van der Waals surface area contributed by atoms with Gasteiger partial charge < -0.3 is 0 Å². The van der Waals surface area contributed by atoms with Crippen molar-refractivity contribution < 1.29 is 8.83 Å². The van der Waals surface area contributed by atoms with E-state index in [4.69, 9.17) is 8.83 Å². The molecule has 15 aromatic rings. The molecule has 0 bridgehead atoms. The summed E-state index contributed by atoms with van der Waals surface area (Å²) in [5.74, 6) is 0. The summed E-state index contributed by atoms with van der Waals surface area (Å²) in [4.78, 5) is 0. The molecule has 0 saturated carbocycles. The predicted molar refractivity (Wildman–Crippen MR) is 285 cm³/mol. The summed E-state index contributed by atoms with van der Waals surface area (Å²) in [5, 5.41) is 17.2. The van der Waals surface area contributed by atoms with E-state index in [1.165, 1.54) is 107 Å². The van der Waals surface area contributed by atoms with Crippen molar-refractivity contribution in [3.8, 4) is 44.5 Å². The number of rotatable bonds is 4. The van der Waals surface area contributed by atoms with Crippen LogP contribution in [0.3, 0.4) is 0 Å². The number of benzene rings is 12. The molecule has 0 aliphatic heterocycles. The third-order valence-corrected chi connectivity index (χ3v) is 16.6. The zero-order valence-corrected chi connectivity index (χ0v) is 37.7. The van der Waals surface area contributed by atoms with Crippen molar-refractivity contribution in [2.45, 2.75) is 0 Å². The number of para-hydroxylation sites is 2. The molecule has 15 rings (SSSR count). The first-order chi connectivity index (χ1) is 33.3. The van der Waals surface area contributed by atoms with Gasteiger partial charge in [0.15, 0.2) is 0 Å². The third kappa shape index (κ3) is 5.27. The monoisotopic (exact) mass is 916 g/mol. The molecule has 67 heavy (non-hydrogen) atoms. The summed E-state index contributed by atoms with van der Waals surface area (Å²) in [6.45, 7) is 0. The van der Waals surface area contributed by atoms with E-state index < -0.39 is 0 Å². The summed E-state index contributed by atoms with van der Waals surface area (Å²) in [7, 11) is 0.